The molecule has 22 heavy (non-hydrogen) atoms. The average Bonchev–Trinajstić information content (AvgIpc) is 2.87. The first-order valence-electron chi connectivity index (χ1n) is 7.26. The van der Waals surface area contributed by atoms with Crippen LogP contribution in [-0.2, 0) is 0 Å². The Kier molecular flexibility index (Phi) is 2.66. The van der Waals surface area contributed by atoms with Crippen LogP contribution in [-0.4, -0.2) is 17.1 Å². The third-order valence-corrected chi connectivity index (χ3v) is 4.09. The van der Waals surface area contributed by atoms with Gasteiger partial charge < -0.3 is 10.0 Å². The number of rotatable bonds is 1. The monoisotopic (exact) mass is 291 g/mol. The van der Waals surface area contributed by atoms with Crippen LogP contribution in [0.3, 0.4) is 0 Å². The first-order chi connectivity index (χ1) is 10.6. The SMILES string of the molecule is Cc1ccc(N2NC3=c4ccccc4=CN(C)C3=C2O)cc1. The Hall–Kier alpha value is -2.88. The molecule has 0 fully saturated rings. The van der Waals surface area contributed by atoms with E-state index in [4.69, 9.17) is 0 Å². The van der Waals surface area contributed by atoms with Gasteiger partial charge in [0.25, 0.3) is 0 Å². The summed E-state index contributed by atoms with van der Waals surface area (Å²) in [6.07, 6.45) is 2.03. The highest BCUT2D eigenvalue weighted by atomic mass is 16.3. The van der Waals surface area contributed by atoms with E-state index in [9.17, 15) is 5.11 Å². The van der Waals surface area contributed by atoms with Gasteiger partial charge in [-0.15, -0.1) is 0 Å². The number of aryl methyl sites for hydroxylation is 1. The Morgan fingerprint density at radius 1 is 1.00 bits per heavy atom. The minimum Gasteiger partial charge on any atom is -0.492 e. The minimum absolute atomic E-state index is 0.215. The number of hydrazine groups is 1. The number of aliphatic hydroxyl groups excluding tert-OH is 1. The first-order valence-corrected chi connectivity index (χ1v) is 7.26. The molecule has 2 N–H and O–H groups in total. The van der Waals surface area contributed by atoms with Crippen molar-refractivity contribution in [1.82, 2.24) is 10.3 Å². The molecule has 0 amide bonds. The van der Waals surface area contributed by atoms with E-state index in [-0.39, 0.29) is 5.88 Å². The Bertz CT molecular complexity index is 897. The molecular formula is C18H17N3O. The second-order valence-corrected chi connectivity index (χ2v) is 5.66. The van der Waals surface area contributed by atoms with Gasteiger partial charge in [0.1, 0.15) is 5.70 Å². The maximum Gasteiger partial charge on any atom is 0.237 e. The molecule has 110 valence electrons. The highest BCUT2D eigenvalue weighted by molar-refractivity contribution is 5.75. The normalized spacial score (nSPS) is 16.2. The van der Waals surface area contributed by atoms with Gasteiger partial charge in [-0.25, -0.2) is 5.01 Å². The Morgan fingerprint density at radius 3 is 2.50 bits per heavy atom. The van der Waals surface area contributed by atoms with Gasteiger partial charge in [0.15, 0.2) is 0 Å². The smallest absolute Gasteiger partial charge is 0.237 e. The van der Waals surface area contributed by atoms with Gasteiger partial charge in [0, 0.05) is 23.7 Å². The van der Waals surface area contributed by atoms with Gasteiger partial charge in [-0.3, -0.25) is 5.43 Å². The Balaban J connectivity index is 1.90. The summed E-state index contributed by atoms with van der Waals surface area (Å²) in [4.78, 5) is 1.95. The molecule has 2 aromatic carbocycles. The van der Waals surface area contributed by atoms with Crippen LogP contribution in [0.25, 0.3) is 11.9 Å². The number of nitrogens with one attached hydrogen (secondary N) is 1. The molecule has 0 bridgehead atoms. The molecule has 0 aromatic heterocycles. The summed E-state index contributed by atoms with van der Waals surface area (Å²) >= 11 is 0. The van der Waals surface area contributed by atoms with Crippen LogP contribution in [0.2, 0.25) is 0 Å². The summed E-state index contributed by atoms with van der Waals surface area (Å²) in [5.41, 5.74) is 7.15. The molecule has 2 heterocycles. The third kappa shape index (κ3) is 1.77. The summed E-state index contributed by atoms with van der Waals surface area (Å²) in [7, 11) is 1.95. The molecular weight excluding hydrogens is 274 g/mol. The van der Waals surface area contributed by atoms with Crippen LogP contribution >= 0.6 is 0 Å². The average molecular weight is 291 g/mol. The van der Waals surface area contributed by atoms with Crippen molar-refractivity contribution in [3.8, 4) is 0 Å². The quantitative estimate of drug-likeness (QED) is 0.836. The van der Waals surface area contributed by atoms with E-state index in [1.54, 1.807) is 5.01 Å². The molecule has 4 heteroatoms. The number of aliphatic hydroxyl groups is 1. The van der Waals surface area contributed by atoms with Gasteiger partial charge in [-0.05, 0) is 19.1 Å². The zero-order valence-corrected chi connectivity index (χ0v) is 12.5. The highest BCUT2D eigenvalue weighted by Crippen LogP contribution is 2.30. The number of fused-ring (bicyclic) bond motifs is 2. The van der Waals surface area contributed by atoms with E-state index in [2.05, 4.69) is 17.6 Å². The third-order valence-electron chi connectivity index (χ3n) is 4.09. The van der Waals surface area contributed by atoms with E-state index in [1.165, 1.54) is 5.56 Å². The molecule has 0 saturated heterocycles. The molecule has 4 rings (SSSR count). The molecule has 0 unspecified atom stereocenters. The van der Waals surface area contributed by atoms with E-state index >= 15 is 0 Å². The lowest BCUT2D eigenvalue weighted by Gasteiger charge is -2.20. The predicted molar refractivity (Wildman–Crippen MR) is 87.8 cm³/mol. The van der Waals surface area contributed by atoms with Crippen molar-refractivity contribution in [2.75, 3.05) is 12.1 Å². The van der Waals surface area contributed by atoms with Crippen molar-refractivity contribution < 1.29 is 5.11 Å². The van der Waals surface area contributed by atoms with E-state index in [1.807, 2.05) is 61.5 Å². The predicted octanol–water partition coefficient (Wildman–Crippen LogP) is 1.54. The molecule has 2 aliphatic heterocycles. The maximum absolute atomic E-state index is 10.7. The van der Waals surface area contributed by atoms with Crippen LogP contribution in [0.4, 0.5) is 5.69 Å². The fourth-order valence-corrected chi connectivity index (χ4v) is 2.95. The number of hydrogen-bond acceptors (Lipinski definition) is 4. The van der Waals surface area contributed by atoms with Crippen LogP contribution < -0.4 is 20.9 Å². The van der Waals surface area contributed by atoms with Gasteiger partial charge in [0.05, 0.1) is 11.4 Å². The number of benzene rings is 2. The van der Waals surface area contributed by atoms with Crippen molar-refractivity contribution in [3.05, 3.63) is 76.1 Å². The summed E-state index contributed by atoms with van der Waals surface area (Å²) in [5.74, 6) is 0.215. The molecule has 0 saturated carbocycles. The van der Waals surface area contributed by atoms with Gasteiger partial charge in [0.2, 0.25) is 5.88 Å². The van der Waals surface area contributed by atoms with Gasteiger partial charge in [-0.2, -0.15) is 0 Å². The van der Waals surface area contributed by atoms with Crippen LogP contribution in [0.1, 0.15) is 5.56 Å². The second-order valence-electron chi connectivity index (χ2n) is 5.66. The zero-order valence-electron chi connectivity index (χ0n) is 12.5. The lowest BCUT2D eigenvalue weighted by Crippen LogP contribution is -2.40. The topological polar surface area (TPSA) is 38.7 Å². The number of nitrogens with zero attached hydrogens (tertiary/aromatic N) is 2. The summed E-state index contributed by atoms with van der Waals surface area (Å²) < 4.78 is 0. The molecule has 0 radical (unpaired) electrons. The van der Waals surface area contributed by atoms with Crippen molar-refractivity contribution in [2.24, 2.45) is 0 Å². The molecule has 2 aromatic rings. The van der Waals surface area contributed by atoms with E-state index in [0.717, 1.165) is 27.5 Å². The molecule has 0 spiro atoms. The zero-order chi connectivity index (χ0) is 15.3. The molecule has 0 aliphatic carbocycles. The largest absolute Gasteiger partial charge is 0.492 e. The fraction of sp³-hybridized carbons (Fsp3) is 0.111. The number of hydrogen-bond donors (Lipinski definition) is 2. The van der Waals surface area contributed by atoms with Crippen molar-refractivity contribution >= 4 is 17.6 Å². The van der Waals surface area contributed by atoms with Gasteiger partial charge in [-0.1, -0.05) is 42.0 Å². The Morgan fingerprint density at radius 2 is 1.73 bits per heavy atom. The molecule has 2 aliphatic rings. The summed E-state index contributed by atoms with van der Waals surface area (Å²) in [6, 6.07) is 16.2. The van der Waals surface area contributed by atoms with Gasteiger partial charge >= 0.3 is 0 Å². The van der Waals surface area contributed by atoms with E-state index < -0.39 is 0 Å². The summed E-state index contributed by atoms with van der Waals surface area (Å²) in [6.45, 7) is 2.05. The van der Waals surface area contributed by atoms with Crippen LogP contribution in [0, 0.1) is 6.92 Å². The minimum atomic E-state index is 0.215. The fourth-order valence-electron chi connectivity index (χ4n) is 2.95. The highest BCUT2D eigenvalue weighted by Gasteiger charge is 2.31. The molecule has 4 nitrogen and oxygen atoms in total. The number of anilines is 1. The standard InChI is InChI=1S/C18H17N3O/c1-12-7-9-14(10-8-12)21-18(22)17-16(19-21)15-6-4-3-5-13(15)11-20(17)2/h3-11,19,22H,1-2H3. The van der Waals surface area contributed by atoms with Crippen LogP contribution in [0.5, 0.6) is 0 Å². The first kappa shape index (κ1) is 12.8. The molecule has 0 atom stereocenters. The Labute approximate surface area is 128 Å². The van der Waals surface area contributed by atoms with E-state index in [0.29, 0.717) is 0 Å². The lowest BCUT2D eigenvalue weighted by atomic mass is 10.1. The number of likely N-dealkylation sites (N-methyl/N-ethyl adjacent to an activating group) is 1. The van der Waals surface area contributed by atoms with Crippen molar-refractivity contribution in [2.45, 2.75) is 6.92 Å². The van der Waals surface area contributed by atoms with Crippen molar-refractivity contribution in [1.29, 1.82) is 0 Å². The second kappa shape index (κ2) is 4.56. The lowest BCUT2D eigenvalue weighted by molar-refractivity contribution is 0.376. The summed E-state index contributed by atoms with van der Waals surface area (Å²) in [5, 5.41) is 14.6. The van der Waals surface area contributed by atoms with Crippen molar-refractivity contribution in [3.63, 3.8) is 0 Å². The maximum atomic E-state index is 10.7. The van der Waals surface area contributed by atoms with Crippen LogP contribution in [0.15, 0.2) is 60.1 Å².